The number of benzene rings is 2. The molecule has 0 saturated heterocycles. The van der Waals surface area contributed by atoms with E-state index in [0.29, 0.717) is 54.2 Å². The first-order chi connectivity index (χ1) is 16.4. The van der Waals surface area contributed by atoms with Crippen LogP contribution in [0.1, 0.15) is 34.2 Å². The number of carbonyl (C=O) groups excluding carboxylic acids is 1. The van der Waals surface area contributed by atoms with E-state index in [9.17, 15) is 4.79 Å². The van der Waals surface area contributed by atoms with Crippen LogP contribution >= 0.6 is 11.6 Å². The molecule has 8 nitrogen and oxygen atoms in total. The maximum Gasteiger partial charge on any atom is 0.257 e. The molecule has 0 saturated carbocycles. The van der Waals surface area contributed by atoms with E-state index in [1.54, 1.807) is 24.3 Å². The lowest BCUT2D eigenvalue weighted by molar-refractivity contribution is 0.0977. The molecule has 0 atom stereocenters. The van der Waals surface area contributed by atoms with Crippen LogP contribution in [0.2, 0.25) is 5.02 Å². The second kappa shape index (κ2) is 10.6. The summed E-state index contributed by atoms with van der Waals surface area (Å²) in [5, 5.41) is 11.2. The summed E-state index contributed by atoms with van der Waals surface area (Å²) in [5.74, 6) is 1.40. The lowest BCUT2D eigenvalue weighted by Gasteiger charge is -2.19. The minimum atomic E-state index is -0.286. The van der Waals surface area contributed by atoms with E-state index >= 15 is 0 Å². The SMILES string of the molecule is CCn1nc(C)c(CCN=C(NC(=O)c2ccc(Cl)cc2)Nc2ccc3c(c2)OCCO3)c1C. The van der Waals surface area contributed by atoms with Gasteiger partial charge in [-0.3, -0.25) is 19.8 Å². The molecule has 0 radical (unpaired) electrons. The highest BCUT2D eigenvalue weighted by atomic mass is 35.5. The molecule has 0 spiro atoms. The summed E-state index contributed by atoms with van der Waals surface area (Å²) in [6.07, 6.45) is 0.709. The zero-order valence-corrected chi connectivity index (χ0v) is 20.3. The Labute approximate surface area is 203 Å². The topological polar surface area (TPSA) is 89.8 Å². The summed E-state index contributed by atoms with van der Waals surface area (Å²) in [5.41, 5.74) is 4.53. The van der Waals surface area contributed by atoms with Crippen LogP contribution in [-0.2, 0) is 13.0 Å². The third-order valence-corrected chi connectivity index (χ3v) is 5.86. The van der Waals surface area contributed by atoms with Crippen molar-refractivity contribution in [1.82, 2.24) is 15.1 Å². The van der Waals surface area contributed by atoms with E-state index in [4.69, 9.17) is 21.1 Å². The molecule has 0 aliphatic carbocycles. The van der Waals surface area contributed by atoms with Gasteiger partial charge in [-0.1, -0.05) is 11.6 Å². The third kappa shape index (κ3) is 5.51. The van der Waals surface area contributed by atoms with Gasteiger partial charge in [0.1, 0.15) is 13.2 Å². The van der Waals surface area contributed by atoms with E-state index in [-0.39, 0.29) is 5.91 Å². The molecule has 0 unspecified atom stereocenters. The average Bonchev–Trinajstić information content (AvgIpc) is 3.12. The second-order valence-corrected chi connectivity index (χ2v) is 8.33. The van der Waals surface area contributed by atoms with Crippen LogP contribution in [0.3, 0.4) is 0 Å². The lowest BCUT2D eigenvalue weighted by Crippen LogP contribution is -2.36. The van der Waals surface area contributed by atoms with E-state index in [1.165, 1.54) is 5.56 Å². The molecule has 2 N–H and O–H groups in total. The Kier molecular flexibility index (Phi) is 7.37. The summed E-state index contributed by atoms with van der Waals surface area (Å²) in [6.45, 7) is 8.47. The Morgan fingerprint density at radius 2 is 1.85 bits per heavy atom. The number of aliphatic imine (C=N–C) groups is 1. The van der Waals surface area contributed by atoms with Crippen molar-refractivity contribution in [2.24, 2.45) is 4.99 Å². The van der Waals surface area contributed by atoms with Crippen molar-refractivity contribution in [3.05, 3.63) is 70.0 Å². The Bertz CT molecular complexity index is 1200. The highest BCUT2D eigenvalue weighted by molar-refractivity contribution is 6.30. The number of halogens is 1. The minimum absolute atomic E-state index is 0.286. The fraction of sp³-hybridized carbons (Fsp3) is 0.320. The standard InChI is InChI=1S/C25H28ClN5O3/c1-4-31-17(3)21(16(2)30-31)11-12-27-25(29-24(32)18-5-7-19(26)8-6-18)28-20-9-10-22-23(15-20)34-14-13-33-22/h5-10,15H,4,11-14H2,1-3H3,(H2,27,28,29,32). The first-order valence-corrected chi connectivity index (χ1v) is 11.6. The number of nitrogens with one attached hydrogen (secondary N) is 2. The predicted octanol–water partition coefficient (Wildman–Crippen LogP) is 4.39. The number of nitrogens with zero attached hydrogens (tertiary/aromatic N) is 3. The van der Waals surface area contributed by atoms with Crippen LogP contribution < -0.4 is 20.1 Å². The van der Waals surface area contributed by atoms with Gasteiger partial charge in [0.2, 0.25) is 5.96 Å². The number of amides is 1. The molecule has 4 rings (SSSR count). The molecule has 9 heteroatoms. The van der Waals surface area contributed by atoms with Gasteiger partial charge in [0, 0.05) is 41.1 Å². The van der Waals surface area contributed by atoms with E-state index in [1.807, 2.05) is 29.8 Å². The van der Waals surface area contributed by atoms with Crippen molar-refractivity contribution in [1.29, 1.82) is 0 Å². The summed E-state index contributed by atoms with van der Waals surface area (Å²) in [6, 6.07) is 12.2. The molecule has 3 aromatic rings. The molecule has 0 bridgehead atoms. The molecule has 1 amide bonds. The Morgan fingerprint density at radius 3 is 2.56 bits per heavy atom. The van der Waals surface area contributed by atoms with Crippen LogP contribution in [-0.4, -0.2) is 41.4 Å². The van der Waals surface area contributed by atoms with E-state index < -0.39 is 0 Å². The molecule has 0 fully saturated rings. The van der Waals surface area contributed by atoms with Gasteiger partial charge in [-0.25, -0.2) is 0 Å². The number of hydrogen-bond acceptors (Lipinski definition) is 5. The number of hydrogen-bond donors (Lipinski definition) is 2. The normalized spacial score (nSPS) is 13.0. The van der Waals surface area contributed by atoms with Gasteiger partial charge in [-0.05, 0) is 69.2 Å². The van der Waals surface area contributed by atoms with Gasteiger partial charge in [0.15, 0.2) is 11.5 Å². The lowest BCUT2D eigenvalue weighted by atomic mass is 10.1. The molecule has 1 aliphatic heterocycles. The van der Waals surface area contributed by atoms with Gasteiger partial charge in [-0.15, -0.1) is 0 Å². The fourth-order valence-electron chi connectivity index (χ4n) is 3.83. The van der Waals surface area contributed by atoms with Gasteiger partial charge in [0.05, 0.1) is 5.69 Å². The molecule has 34 heavy (non-hydrogen) atoms. The molecule has 2 aromatic carbocycles. The number of ether oxygens (including phenoxy) is 2. The molecular formula is C25H28ClN5O3. The molecule has 1 aromatic heterocycles. The Morgan fingerprint density at radius 1 is 1.12 bits per heavy atom. The summed E-state index contributed by atoms with van der Waals surface area (Å²) in [4.78, 5) is 17.5. The largest absolute Gasteiger partial charge is 0.486 e. The highest BCUT2D eigenvalue weighted by Crippen LogP contribution is 2.32. The van der Waals surface area contributed by atoms with Gasteiger partial charge in [0.25, 0.3) is 5.91 Å². The van der Waals surface area contributed by atoms with Crippen molar-refractivity contribution in [2.75, 3.05) is 25.1 Å². The number of rotatable bonds is 6. The smallest absolute Gasteiger partial charge is 0.257 e. The van der Waals surface area contributed by atoms with E-state index in [2.05, 4.69) is 34.6 Å². The van der Waals surface area contributed by atoms with Crippen LogP contribution in [0.15, 0.2) is 47.5 Å². The number of anilines is 1. The predicted molar refractivity (Wildman–Crippen MR) is 133 cm³/mol. The number of fused-ring (bicyclic) bond motifs is 1. The average molecular weight is 482 g/mol. The summed E-state index contributed by atoms with van der Waals surface area (Å²) >= 11 is 5.96. The Balaban J connectivity index is 1.53. The second-order valence-electron chi connectivity index (χ2n) is 7.89. The minimum Gasteiger partial charge on any atom is -0.486 e. The molecule has 2 heterocycles. The van der Waals surface area contributed by atoms with Gasteiger partial charge in [-0.2, -0.15) is 5.10 Å². The van der Waals surface area contributed by atoms with Gasteiger partial charge < -0.3 is 14.8 Å². The zero-order chi connectivity index (χ0) is 24.1. The van der Waals surface area contributed by atoms with Crippen molar-refractivity contribution < 1.29 is 14.3 Å². The van der Waals surface area contributed by atoms with Crippen molar-refractivity contribution >= 4 is 29.2 Å². The number of aryl methyl sites for hydroxylation is 2. The van der Waals surface area contributed by atoms with Crippen molar-refractivity contribution in [3.63, 3.8) is 0 Å². The molecule has 178 valence electrons. The zero-order valence-electron chi connectivity index (χ0n) is 19.5. The quantitative estimate of drug-likeness (QED) is 0.402. The van der Waals surface area contributed by atoms with E-state index in [0.717, 1.165) is 23.6 Å². The first kappa shape index (κ1) is 23.6. The molecule has 1 aliphatic rings. The number of carbonyl (C=O) groups is 1. The van der Waals surface area contributed by atoms with Crippen molar-refractivity contribution in [2.45, 2.75) is 33.7 Å². The number of guanidine groups is 1. The monoisotopic (exact) mass is 481 g/mol. The van der Waals surface area contributed by atoms with Crippen molar-refractivity contribution in [3.8, 4) is 11.5 Å². The molecular weight excluding hydrogens is 454 g/mol. The van der Waals surface area contributed by atoms with Gasteiger partial charge >= 0.3 is 0 Å². The van der Waals surface area contributed by atoms with Crippen LogP contribution in [0, 0.1) is 13.8 Å². The summed E-state index contributed by atoms with van der Waals surface area (Å²) in [7, 11) is 0. The highest BCUT2D eigenvalue weighted by Gasteiger charge is 2.15. The summed E-state index contributed by atoms with van der Waals surface area (Å²) < 4.78 is 13.3. The maximum atomic E-state index is 12.8. The van der Waals surface area contributed by atoms with Crippen LogP contribution in [0.4, 0.5) is 5.69 Å². The third-order valence-electron chi connectivity index (χ3n) is 5.61. The maximum absolute atomic E-state index is 12.8. The first-order valence-electron chi connectivity index (χ1n) is 11.3. The number of aromatic nitrogens is 2. The Hall–Kier alpha value is -3.52. The fourth-order valence-corrected chi connectivity index (χ4v) is 3.96. The van der Waals surface area contributed by atoms with Crippen LogP contribution in [0.5, 0.6) is 11.5 Å². The van der Waals surface area contributed by atoms with Crippen LogP contribution in [0.25, 0.3) is 0 Å².